The number of ether oxygens (including phenoxy) is 1. The molecule has 0 aliphatic rings. The molecule has 1 heterocycles. The van der Waals surface area contributed by atoms with E-state index < -0.39 is 17.4 Å². The molecule has 0 saturated carbocycles. The second kappa shape index (κ2) is 6.95. The smallest absolute Gasteiger partial charge is 0.397 e. The molecule has 2 rings (SSSR count). The fourth-order valence-corrected chi connectivity index (χ4v) is 2.14. The van der Waals surface area contributed by atoms with E-state index in [0.29, 0.717) is 17.8 Å². The lowest BCUT2D eigenvalue weighted by molar-refractivity contribution is -0.152. The van der Waals surface area contributed by atoms with Crippen molar-refractivity contribution in [2.75, 3.05) is 11.9 Å². The first kappa shape index (κ1) is 16.5. The van der Waals surface area contributed by atoms with E-state index in [-0.39, 0.29) is 12.3 Å². The van der Waals surface area contributed by atoms with Crippen molar-refractivity contribution < 1.29 is 14.3 Å². The van der Waals surface area contributed by atoms with Crippen molar-refractivity contribution in [1.82, 2.24) is 9.36 Å². The molecule has 0 bridgehead atoms. The minimum Gasteiger partial charge on any atom is -0.459 e. The lowest BCUT2D eigenvalue weighted by atomic mass is 10.3. The molecule has 122 valence electrons. The van der Waals surface area contributed by atoms with E-state index in [1.54, 1.807) is 30.8 Å². The molecule has 0 radical (unpaired) electrons. The zero-order chi connectivity index (χ0) is 17.0. The van der Waals surface area contributed by atoms with Gasteiger partial charge >= 0.3 is 11.9 Å². The Morgan fingerprint density at radius 1 is 1.22 bits per heavy atom. The van der Waals surface area contributed by atoms with Crippen LogP contribution in [0.15, 0.2) is 35.1 Å². The SMILES string of the molecule is CCCOC(=O)C(=O)Nc1c(C)n(C)n(-c2ccccc2)c1=O. The van der Waals surface area contributed by atoms with Crippen molar-refractivity contribution in [1.29, 1.82) is 0 Å². The quantitative estimate of drug-likeness (QED) is 0.682. The van der Waals surface area contributed by atoms with Crippen LogP contribution in [-0.4, -0.2) is 27.8 Å². The molecule has 2 aromatic rings. The van der Waals surface area contributed by atoms with Gasteiger partial charge in [-0.2, -0.15) is 0 Å². The Labute approximate surface area is 133 Å². The molecule has 0 aliphatic carbocycles. The zero-order valence-electron chi connectivity index (χ0n) is 13.3. The highest BCUT2D eigenvalue weighted by molar-refractivity contribution is 6.37. The van der Waals surface area contributed by atoms with E-state index in [1.165, 1.54) is 4.68 Å². The number of hydrogen-bond donors (Lipinski definition) is 1. The van der Waals surface area contributed by atoms with Gasteiger partial charge in [0.05, 0.1) is 18.0 Å². The molecule has 1 N–H and O–H groups in total. The normalized spacial score (nSPS) is 10.4. The Morgan fingerprint density at radius 2 is 1.87 bits per heavy atom. The first-order valence-electron chi connectivity index (χ1n) is 7.29. The van der Waals surface area contributed by atoms with E-state index in [2.05, 4.69) is 5.32 Å². The number of carbonyl (C=O) groups excluding carboxylic acids is 2. The summed E-state index contributed by atoms with van der Waals surface area (Å²) in [5.74, 6) is -1.95. The summed E-state index contributed by atoms with van der Waals surface area (Å²) in [4.78, 5) is 35.9. The van der Waals surface area contributed by atoms with Gasteiger partial charge in [0.15, 0.2) is 0 Å². The molecule has 1 aromatic heterocycles. The lowest BCUT2D eigenvalue weighted by Crippen LogP contribution is -2.28. The van der Waals surface area contributed by atoms with E-state index >= 15 is 0 Å². The number of benzene rings is 1. The first-order valence-corrected chi connectivity index (χ1v) is 7.29. The van der Waals surface area contributed by atoms with Crippen LogP contribution in [0.5, 0.6) is 0 Å². The third-order valence-corrected chi connectivity index (χ3v) is 3.42. The van der Waals surface area contributed by atoms with Crippen LogP contribution in [0.3, 0.4) is 0 Å². The highest BCUT2D eigenvalue weighted by Crippen LogP contribution is 2.13. The average molecular weight is 317 g/mol. The summed E-state index contributed by atoms with van der Waals surface area (Å²) < 4.78 is 7.79. The van der Waals surface area contributed by atoms with Crippen LogP contribution in [0.1, 0.15) is 19.0 Å². The highest BCUT2D eigenvalue weighted by Gasteiger charge is 2.22. The van der Waals surface area contributed by atoms with Gasteiger partial charge in [0.1, 0.15) is 5.69 Å². The van der Waals surface area contributed by atoms with Crippen LogP contribution >= 0.6 is 0 Å². The lowest BCUT2D eigenvalue weighted by Gasteiger charge is -2.07. The number of anilines is 1. The maximum Gasteiger partial charge on any atom is 0.397 e. The van der Waals surface area contributed by atoms with E-state index in [1.807, 2.05) is 25.1 Å². The molecule has 7 heteroatoms. The second-order valence-electron chi connectivity index (χ2n) is 5.03. The predicted octanol–water partition coefficient (Wildman–Crippen LogP) is 1.38. The Kier molecular flexibility index (Phi) is 5.00. The summed E-state index contributed by atoms with van der Waals surface area (Å²) in [6.07, 6.45) is 0.615. The topological polar surface area (TPSA) is 82.3 Å². The summed E-state index contributed by atoms with van der Waals surface area (Å²) in [6.45, 7) is 3.67. The van der Waals surface area contributed by atoms with Gasteiger partial charge in [-0.15, -0.1) is 0 Å². The minimum absolute atomic E-state index is 0.0646. The van der Waals surface area contributed by atoms with Crippen LogP contribution < -0.4 is 10.9 Å². The maximum atomic E-state index is 12.6. The number of amides is 1. The monoisotopic (exact) mass is 317 g/mol. The molecule has 0 spiro atoms. The third kappa shape index (κ3) is 3.33. The van der Waals surface area contributed by atoms with Crippen LogP contribution in [-0.2, 0) is 21.4 Å². The Morgan fingerprint density at radius 3 is 2.48 bits per heavy atom. The average Bonchev–Trinajstić information content (AvgIpc) is 2.77. The fourth-order valence-electron chi connectivity index (χ4n) is 2.14. The van der Waals surface area contributed by atoms with E-state index in [0.717, 1.165) is 0 Å². The molecule has 23 heavy (non-hydrogen) atoms. The Balaban J connectivity index is 2.33. The van der Waals surface area contributed by atoms with Gasteiger partial charge in [-0.1, -0.05) is 25.1 Å². The minimum atomic E-state index is -0.999. The van der Waals surface area contributed by atoms with Gasteiger partial charge in [-0.05, 0) is 25.5 Å². The predicted molar refractivity (Wildman–Crippen MR) is 85.6 cm³/mol. The molecular formula is C16H19N3O4. The highest BCUT2D eigenvalue weighted by atomic mass is 16.5. The van der Waals surface area contributed by atoms with Crippen LogP contribution in [0, 0.1) is 6.92 Å². The first-order chi connectivity index (χ1) is 11.0. The molecule has 1 aromatic carbocycles. The number of nitrogens with one attached hydrogen (secondary N) is 1. The van der Waals surface area contributed by atoms with Gasteiger partial charge in [0, 0.05) is 7.05 Å². The van der Waals surface area contributed by atoms with Crippen LogP contribution in [0.4, 0.5) is 5.69 Å². The molecule has 0 fully saturated rings. The second-order valence-corrected chi connectivity index (χ2v) is 5.03. The van der Waals surface area contributed by atoms with Crippen molar-refractivity contribution in [2.24, 2.45) is 7.05 Å². The largest absolute Gasteiger partial charge is 0.459 e. The van der Waals surface area contributed by atoms with Gasteiger partial charge in [-0.25, -0.2) is 9.48 Å². The van der Waals surface area contributed by atoms with Crippen molar-refractivity contribution in [3.8, 4) is 5.69 Å². The zero-order valence-corrected chi connectivity index (χ0v) is 13.3. The molecule has 0 unspecified atom stereocenters. The number of para-hydroxylation sites is 1. The fraction of sp³-hybridized carbons (Fsp3) is 0.312. The summed E-state index contributed by atoms with van der Waals surface area (Å²) >= 11 is 0. The number of esters is 1. The molecular weight excluding hydrogens is 298 g/mol. The number of rotatable bonds is 4. The number of aromatic nitrogens is 2. The van der Waals surface area contributed by atoms with E-state index in [4.69, 9.17) is 4.74 Å². The van der Waals surface area contributed by atoms with Crippen molar-refractivity contribution in [3.63, 3.8) is 0 Å². The summed E-state index contributed by atoms with van der Waals surface area (Å²) in [5, 5.41) is 2.35. The molecule has 7 nitrogen and oxygen atoms in total. The van der Waals surface area contributed by atoms with Gasteiger partial charge in [0.25, 0.3) is 5.56 Å². The van der Waals surface area contributed by atoms with Crippen molar-refractivity contribution in [3.05, 3.63) is 46.4 Å². The summed E-state index contributed by atoms with van der Waals surface area (Å²) in [7, 11) is 1.70. The van der Waals surface area contributed by atoms with Gasteiger partial charge in [-0.3, -0.25) is 14.3 Å². The molecule has 0 atom stereocenters. The molecule has 0 saturated heterocycles. The van der Waals surface area contributed by atoms with Gasteiger partial charge in [0.2, 0.25) is 0 Å². The number of nitrogens with zero attached hydrogens (tertiary/aromatic N) is 2. The van der Waals surface area contributed by atoms with Crippen LogP contribution in [0.25, 0.3) is 5.69 Å². The van der Waals surface area contributed by atoms with Crippen molar-refractivity contribution in [2.45, 2.75) is 20.3 Å². The molecule has 1 amide bonds. The number of hydrogen-bond acceptors (Lipinski definition) is 4. The van der Waals surface area contributed by atoms with Gasteiger partial charge < -0.3 is 10.1 Å². The summed E-state index contributed by atoms with van der Waals surface area (Å²) in [6, 6.07) is 9.02. The van der Waals surface area contributed by atoms with Crippen LogP contribution in [0.2, 0.25) is 0 Å². The standard InChI is InChI=1S/C16H19N3O4/c1-4-10-23-16(22)14(20)17-13-11(2)18(3)19(15(13)21)12-8-6-5-7-9-12/h5-9H,4,10H2,1-3H3,(H,17,20). The Hall–Kier alpha value is -2.83. The number of carbonyl (C=O) groups is 2. The summed E-state index contributed by atoms with van der Waals surface area (Å²) in [5.41, 5.74) is 0.857. The van der Waals surface area contributed by atoms with Crippen molar-refractivity contribution >= 4 is 17.6 Å². The third-order valence-electron chi connectivity index (χ3n) is 3.42. The van der Waals surface area contributed by atoms with E-state index in [9.17, 15) is 14.4 Å². The molecule has 0 aliphatic heterocycles. The maximum absolute atomic E-state index is 12.6. The Bertz CT molecular complexity index is 775.